The maximum atomic E-state index is 11.5. The summed E-state index contributed by atoms with van der Waals surface area (Å²) in [5.74, 6) is -1.27. The van der Waals surface area contributed by atoms with Gasteiger partial charge in [-0.3, -0.25) is 9.78 Å². The third-order valence-electron chi connectivity index (χ3n) is 2.44. The van der Waals surface area contributed by atoms with Gasteiger partial charge in [0.1, 0.15) is 0 Å². The van der Waals surface area contributed by atoms with Crippen LogP contribution in [0.15, 0.2) is 18.3 Å². The normalized spacial score (nSPS) is 11.9. The van der Waals surface area contributed by atoms with Crippen molar-refractivity contribution >= 4 is 11.9 Å². The lowest BCUT2D eigenvalue weighted by Gasteiger charge is -2.10. The number of aromatic nitrogens is 1. The molecule has 0 bridgehead atoms. The van der Waals surface area contributed by atoms with Crippen molar-refractivity contribution in [1.29, 1.82) is 0 Å². The second-order valence-electron chi connectivity index (χ2n) is 3.95. The molecule has 98 valence electrons. The second-order valence-corrected chi connectivity index (χ2v) is 3.95. The highest BCUT2D eigenvalue weighted by molar-refractivity contribution is 5.87. The zero-order valence-electron chi connectivity index (χ0n) is 10.2. The molecule has 0 saturated carbocycles. The first-order valence-electron chi connectivity index (χ1n) is 5.76. The quantitative estimate of drug-likeness (QED) is 0.683. The molecule has 0 spiro atoms. The first kappa shape index (κ1) is 14.1. The molecule has 0 aliphatic rings. The topological polar surface area (TPSA) is 105 Å². The van der Waals surface area contributed by atoms with Gasteiger partial charge in [0, 0.05) is 6.20 Å². The van der Waals surface area contributed by atoms with E-state index in [4.69, 9.17) is 10.8 Å². The molecule has 1 amide bonds. The van der Waals surface area contributed by atoms with Gasteiger partial charge in [0.2, 0.25) is 5.91 Å². The van der Waals surface area contributed by atoms with Crippen molar-refractivity contribution in [1.82, 2.24) is 10.3 Å². The summed E-state index contributed by atoms with van der Waals surface area (Å²) in [7, 11) is 0. The van der Waals surface area contributed by atoms with Gasteiger partial charge in [0.25, 0.3) is 0 Å². The molecule has 0 aliphatic carbocycles. The van der Waals surface area contributed by atoms with Crippen LogP contribution in [0.1, 0.15) is 35.8 Å². The Bertz CT molecular complexity index is 434. The average Bonchev–Trinajstić information content (AvgIpc) is 2.36. The van der Waals surface area contributed by atoms with E-state index >= 15 is 0 Å². The van der Waals surface area contributed by atoms with Gasteiger partial charge in [-0.15, -0.1) is 0 Å². The van der Waals surface area contributed by atoms with Crippen molar-refractivity contribution in [3.63, 3.8) is 0 Å². The fourth-order valence-electron chi connectivity index (χ4n) is 1.46. The van der Waals surface area contributed by atoms with E-state index in [2.05, 4.69) is 10.3 Å². The minimum absolute atomic E-state index is 0.145. The number of pyridine rings is 1. The Labute approximate surface area is 105 Å². The Hall–Kier alpha value is -1.95. The van der Waals surface area contributed by atoms with Crippen LogP contribution in [-0.4, -0.2) is 28.0 Å². The number of nitrogens with zero attached hydrogens (tertiary/aromatic N) is 1. The Kier molecular flexibility index (Phi) is 5.26. The summed E-state index contributed by atoms with van der Waals surface area (Å²) in [6.07, 6.45) is 2.85. The van der Waals surface area contributed by atoms with Gasteiger partial charge in [0.15, 0.2) is 0 Å². The van der Waals surface area contributed by atoms with E-state index < -0.39 is 12.0 Å². The van der Waals surface area contributed by atoms with E-state index in [1.165, 1.54) is 18.3 Å². The number of carbonyl (C=O) groups is 2. The van der Waals surface area contributed by atoms with Crippen LogP contribution in [0.25, 0.3) is 0 Å². The van der Waals surface area contributed by atoms with E-state index in [0.717, 1.165) is 6.42 Å². The number of nitrogens with two attached hydrogens (primary N) is 1. The first-order valence-corrected chi connectivity index (χ1v) is 5.76. The molecule has 1 aromatic rings. The van der Waals surface area contributed by atoms with Crippen molar-refractivity contribution in [2.24, 2.45) is 5.73 Å². The van der Waals surface area contributed by atoms with Crippen LogP contribution in [-0.2, 0) is 11.3 Å². The zero-order chi connectivity index (χ0) is 13.5. The van der Waals surface area contributed by atoms with E-state index in [1.54, 1.807) is 0 Å². The molecule has 0 radical (unpaired) electrons. The lowest BCUT2D eigenvalue weighted by atomic mass is 10.1. The number of rotatable bonds is 6. The van der Waals surface area contributed by atoms with Gasteiger partial charge in [0.05, 0.1) is 23.8 Å². The fourth-order valence-corrected chi connectivity index (χ4v) is 1.46. The highest BCUT2D eigenvalue weighted by Crippen LogP contribution is 2.02. The van der Waals surface area contributed by atoms with Crippen LogP contribution in [0, 0.1) is 0 Å². The predicted octanol–water partition coefficient (Wildman–Crippen LogP) is 0.523. The summed E-state index contributed by atoms with van der Waals surface area (Å²) in [5.41, 5.74) is 6.28. The number of carboxylic acids is 1. The zero-order valence-corrected chi connectivity index (χ0v) is 10.2. The molecule has 0 fully saturated rings. The molecule has 0 saturated heterocycles. The Morgan fingerprint density at radius 2 is 2.28 bits per heavy atom. The number of aromatic carboxylic acids is 1. The minimum atomic E-state index is -1.02. The summed E-state index contributed by atoms with van der Waals surface area (Å²) in [5, 5.41) is 11.4. The molecule has 0 aromatic carbocycles. The molecule has 1 heterocycles. The molecular formula is C12H17N3O3. The van der Waals surface area contributed by atoms with Crippen molar-refractivity contribution in [3.8, 4) is 0 Å². The SMILES string of the molecule is CCC[C@H](N)C(=O)NCc1cc(C(=O)O)ccn1. The van der Waals surface area contributed by atoms with Crippen LogP contribution >= 0.6 is 0 Å². The molecular weight excluding hydrogens is 234 g/mol. The molecule has 1 rings (SSSR count). The largest absolute Gasteiger partial charge is 0.478 e. The second kappa shape index (κ2) is 6.70. The molecule has 6 nitrogen and oxygen atoms in total. The monoisotopic (exact) mass is 251 g/mol. The van der Waals surface area contributed by atoms with E-state index in [1.807, 2.05) is 6.92 Å². The van der Waals surface area contributed by atoms with E-state index in [9.17, 15) is 9.59 Å². The van der Waals surface area contributed by atoms with Crippen LogP contribution in [0.4, 0.5) is 0 Å². The Morgan fingerprint density at radius 3 is 2.89 bits per heavy atom. The van der Waals surface area contributed by atoms with Crippen molar-refractivity contribution in [2.75, 3.05) is 0 Å². The van der Waals surface area contributed by atoms with Crippen LogP contribution in [0.2, 0.25) is 0 Å². The highest BCUT2D eigenvalue weighted by atomic mass is 16.4. The smallest absolute Gasteiger partial charge is 0.335 e. The average molecular weight is 251 g/mol. The first-order chi connectivity index (χ1) is 8.54. The van der Waals surface area contributed by atoms with Gasteiger partial charge >= 0.3 is 5.97 Å². The number of carbonyl (C=O) groups excluding carboxylic acids is 1. The van der Waals surface area contributed by atoms with Gasteiger partial charge < -0.3 is 16.2 Å². The molecule has 4 N–H and O–H groups in total. The maximum Gasteiger partial charge on any atom is 0.335 e. The number of hydrogen-bond donors (Lipinski definition) is 3. The van der Waals surface area contributed by atoms with Gasteiger partial charge in [-0.2, -0.15) is 0 Å². The van der Waals surface area contributed by atoms with Crippen molar-refractivity contribution < 1.29 is 14.7 Å². The molecule has 18 heavy (non-hydrogen) atoms. The van der Waals surface area contributed by atoms with Gasteiger partial charge in [-0.05, 0) is 18.6 Å². The summed E-state index contributed by atoms with van der Waals surface area (Å²) in [4.78, 5) is 26.3. The lowest BCUT2D eigenvalue weighted by molar-refractivity contribution is -0.122. The summed E-state index contributed by atoms with van der Waals surface area (Å²) in [6.45, 7) is 2.13. The van der Waals surface area contributed by atoms with Crippen molar-refractivity contribution in [3.05, 3.63) is 29.6 Å². The van der Waals surface area contributed by atoms with Gasteiger partial charge in [-0.1, -0.05) is 13.3 Å². The fraction of sp³-hybridized carbons (Fsp3) is 0.417. The number of nitrogens with one attached hydrogen (secondary N) is 1. The number of hydrogen-bond acceptors (Lipinski definition) is 4. The standard InChI is InChI=1S/C12H17N3O3/c1-2-3-10(13)11(16)15-7-9-6-8(12(17)18)4-5-14-9/h4-6,10H,2-3,7,13H2,1H3,(H,15,16)(H,17,18)/t10-/m0/s1. The maximum absolute atomic E-state index is 11.5. The third-order valence-corrected chi connectivity index (χ3v) is 2.44. The third kappa shape index (κ3) is 4.14. The van der Waals surface area contributed by atoms with Crippen LogP contribution in [0.5, 0.6) is 0 Å². The molecule has 6 heteroatoms. The van der Waals surface area contributed by atoms with E-state index in [-0.39, 0.29) is 18.0 Å². The summed E-state index contributed by atoms with van der Waals surface area (Å²) < 4.78 is 0. The highest BCUT2D eigenvalue weighted by Gasteiger charge is 2.12. The van der Waals surface area contributed by atoms with Crippen molar-refractivity contribution in [2.45, 2.75) is 32.4 Å². The molecule has 1 aromatic heterocycles. The van der Waals surface area contributed by atoms with Crippen LogP contribution in [0.3, 0.4) is 0 Å². The van der Waals surface area contributed by atoms with Crippen LogP contribution < -0.4 is 11.1 Å². The Morgan fingerprint density at radius 1 is 1.56 bits per heavy atom. The molecule has 0 unspecified atom stereocenters. The number of carboxylic acid groups (broad SMARTS) is 1. The predicted molar refractivity (Wildman–Crippen MR) is 65.9 cm³/mol. The summed E-state index contributed by atoms with van der Waals surface area (Å²) in [6, 6.07) is 2.29. The molecule has 1 atom stereocenters. The minimum Gasteiger partial charge on any atom is -0.478 e. The molecule has 0 aliphatic heterocycles. The van der Waals surface area contributed by atoms with E-state index in [0.29, 0.717) is 12.1 Å². The summed E-state index contributed by atoms with van der Waals surface area (Å²) >= 11 is 0. The number of amides is 1. The lowest BCUT2D eigenvalue weighted by Crippen LogP contribution is -2.40. The Balaban J connectivity index is 2.55. The van der Waals surface area contributed by atoms with Gasteiger partial charge in [-0.25, -0.2) is 4.79 Å².